The Morgan fingerprint density at radius 1 is 1.13 bits per heavy atom. The predicted octanol–water partition coefficient (Wildman–Crippen LogP) is 2.26. The molecule has 3 amide bonds. The molecule has 2 N–H and O–H groups in total. The number of rotatable bonds is 1. The first-order chi connectivity index (χ1) is 14.9. The largest absolute Gasteiger partial charge is 0.381 e. The second-order valence-corrected chi connectivity index (χ2v) is 8.49. The van der Waals surface area contributed by atoms with Crippen molar-refractivity contribution in [1.82, 2.24) is 15.5 Å². The molecule has 0 bridgehead atoms. The van der Waals surface area contributed by atoms with Gasteiger partial charge in [-0.15, -0.1) is 0 Å². The van der Waals surface area contributed by atoms with Crippen LogP contribution in [0.15, 0.2) is 24.3 Å². The van der Waals surface area contributed by atoms with Gasteiger partial charge in [0.25, 0.3) is 5.91 Å². The minimum Gasteiger partial charge on any atom is -0.381 e. The van der Waals surface area contributed by atoms with Gasteiger partial charge in [0.2, 0.25) is 11.8 Å². The van der Waals surface area contributed by atoms with E-state index in [4.69, 9.17) is 4.74 Å². The standard InChI is InChI=1S/C23H32FN3O4/c1-17-20(28)25-11-5-15-31-14-3-2-8-23(22(30)26-17)9-12-27(13-10-23)21(29)18-6-4-7-19(24)16-18/h4,6-7,16-17H,2-3,5,8-15H2,1H3,(H,25,28)(H,26,30)/t17-/m0/s1. The predicted molar refractivity (Wildman–Crippen MR) is 114 cm³/mol. The number of amides is 3. The monoisotopic (exact) mass is 433 g/mol. The van der Waals surface area contributed by atoms with E-state index in [1.54, 1.807) is 17.9 Å². The SMILES string of the molecule is C[C@@H]1NC(=O)C2(CCCCOCCCNC1=O)CCN(C(=O)c1cccc(F)c1)CC2. The van der Waals surface area contributed by atoms with Gasteiger partial charge in [-0.25, -0.2) is 4.39 Å². The fourth-order valence-corrected chi connectivity index (χ4v) is 4.26. The molecule has 0 radical (unpaired) electrons. The number of nitrogens with one attached hydrogen (secondary N) is 2. The number of likely N-dealkylation sites (tertiary alicyclic amines) is 1. The third kappa shape index (κ3) is 6.03. The van der Waals surface area contributed by atoms with Gasteiger partial charge in [0.1, 0.15) is 11.9 Å². The van der Waals surface area contributed by atoms with Crippen molar-refractivity contribution in [2.45, 2.75) is 51.5 Å². The van der Waals surface area contributed by atoms with Gasteiger partial charge in [0, 0.05) is 38.4 Å². The summed E-state index contributed by atoms with van der Waals surface area (Å²) in [6.07, 6.45) is 4.14. The summed E-state index contributed by atoms with van der Waals surface area (Å²) in [7, 11) is 0. The van der Waals surface area contributed by atoms with Crippen molar-refractivity contribution in [3.8, 4) is 0 Å². The molecule has 0 unspecified atom stereocenters. The van der Waals surface area contributed by atoms with Crippen molar-refractivity contribution in [2.24, 2.45) is 5.41 Å². The highest BCUT2D eigenvalue weighted by Gasteiger charge is 2.42. The molecule has 1 atom stereocenters. The van der Waals surface area contributed by atoms with Gasteiger partial charge in [-0.2, -0.15) is 0 Å². The van der Waals surface area contributed by atoms with E-state index in [9.17, 15) is 18.8 Å². The Morgan fingerprint density at radius 2 is 1.87 bits per heavy atom. The van der Waals surface area contributed by atoms with Gasteiger partial charge in [0.15, 0.2) is 0 Å². The van der Waals surface area contributed by atoms with Gasteiger partial charge < -0.3 is 20.3 Å². The lowest BCUT2D eigenvalue weighted by molar-refractivity contribution is -0.137. The van der Waals surface area contributed by atoms with Gasteiger partial charge in [-0.05, 0) is 57.2 Å². The van der Waals surface area contributed by atoms with Gasteiger partial charge in [-0.3, -0.25) is 14.4 Å². The van der Waals surface area contributed by atoms with Crippen LogP contribution < -0.4 is 10.6 Å². The molecule has 2 aliphatic heterocycles. The summed E-state index contributed by atoms with van der Waals surface area (Å²) in [5, 5.41) is 5.72. The Balaban J connectivity index is 1.68. The maximum absolute atomic E-state index is 13.5. The minimum atomic E-state index is -0.628. The first-order valence-corrected chi connectivity index (χ1v) is 11.1. The summed E-state index contributed by atoms with van der Waals surface area (Å²) in [5.74, 6) is -1.01. The topological polar surface area (TPSA) is 87.7 Å². The molecule has 2 aliphatic rings. The van der Waals surface area contributed by atoms with Crippen LogP contribution in [0.1, 0.15) is 55.8 Å². The highest BCUT2D eigenvalue weighted by molar-refractivity contribution is 5.95. The van der Waals surface area contributed by atoms with Gasteiger partial charge >= 0.3 is 0 Å². The van der Waals surface area contributed by atoms with Crippen LogP contribution >= 0.6 is 0 Å². The fraction of sp³-hybridized carbons (Fsp3) is 0.609. The van der Waals surface area contributed by atoms with Crippen LogP contribution in [0.5, 0.6) is 0 Å². The molecule has 8 heteroatoms. The summed E-state index contributed by atoms with van der Waals surface area (Å²) >= 11 is 0. The van der Waals surface area contributed by atoms with E-state index in [1.807, 2.05) is 0 Å². The summed E-state index contributed by atoms with van der Waals surface area (Å²) in [4.78, 5) is 40.0. The Kier molecular flexibility index (Phi) is 8.01. The third-order valence-corrected chi connectivity index (χ3v) is 6.26. The van der Waals surface area contributed by atoms with Crippen LogP contribution in [-0.4, -0.2) is 61.5 Å². The average Bonchev–Trinajstić information content (AvgIpc) is 2.77. The first-order valence-electron chi connectivity index (χ1n) is 11.1. The van der Waals surface area contributed by atoms with Crippen LogP contribution in [-0.2, 0) is 14.3 Å². The molecule has 0 aliphatic carbocycles. The summed E-state index contributed by atoms with van der Waals surface area (Å²) in [6, 6.07) is 5.04. The molecule has 7 nitrogen and oxygen atoms in total. The molecule has 1 aromatic carbocycles. The zero-order valence-electron chi connectivity index (χ0n) is 18.1. The molecular weight excluding hydrogens is 401 g/mol. The van der Waals surface area contributed by atoms with Crippen LogP contribution in [0.25, 0.3) is 0 Å². The number of nitrogens with zero attached hydrogens (tertiary/aromatic N) is 1. The van der Waals surface area contributed by atoms with E-state index in [1.165, 1.54) is 18.2 Å². The van der Waals surface area contributed by atoms with E-state index in [0.717, 1.165) is 19.3 Å². The zero-order chi connectivity index (χ0) is 22.3. The molecule has 0 saturated carbocycles. The van der Waals surface area contributed by atoms with Crippen molar-refractivity contribution in [3.05, 3.63) is 35.6 Å². The van der Waals surface area contributed by atoms with Crippen LogP contribution in [0.3, 0.4) is 0 Å². The quantitative estimate of drug-likeness (QED) is 0.711. The second-order valence-electron chi connectivity index (χ2n) is 8.49. The lowest BCUT2D eigenvalue weighted by atomic mass is 9.73. The lowest BCUT2D eigenvalue weighted by Gasteiger charge is -2.41. The average molecular weight is 434 g/mol. The van der Waals surface area contributed by atoms with E-state index < -0.39 is 17.3 Å². The molecule has 0 aromatic heterocycles. The minimum absolute atomic E-state index is 0.133. The number of ether oxygens (including phenoxy) is 1. The maximum Gasteiger partial charge on any atom is 0.253 e. The number of hydrogen-bond donors (Lipinski definition) is 2. The highest BCUT2D eigenvalue weighted by Crippen LogP contribution is 2.37. The molecule has 2 heterocycles. The van der Waals surface area contributed by atoms with E-state index in [2.05, 4.69) is 10.6 Å². The zero-order valence-corrected chi connectivity index (χ0v) is 18.1. The summed E-state index contributed by atoms with van der Waals surface area (Å²) in [6.45, 7) is 4.27. The highest BCUT2D eigenvalue weighted by atomic mass is 19.1. The van der Waals surface area contributed by atoms with Crippen molar-refractivity contribution in [2.75, 3.05) is 32.8 Å². The van der Waals surface area contributed by atoms with E-state index in [-0.39, 0.29) is 17.7 Å². The van der Waals surface area contributed by atoms with Crippen molar-refractivity contribution >= 4 is 17.7 Å². The maximum atomic E-state index is 13.5. The number of carbonyl (C=O) groups excluding carboxylic acids is 3. The molecular formula is C23H32FN3O4. The Morgan fingerprint density at radius 3 is 2.61 bits per heavy atom. The fourth-order valence-electron chi connectivity index (χ4n) is 4.26. The van der Waals surface area contributed by atoms with Crippen molar-refractivity contribution in [3.63, 3.8) is 0 Å². The molecule has 170 valence electrons. The van der Waals surface area contributed by atoms with Crippen LogP contribution in [0.4, 0.5) is 4.39 Å². The number of piperidine rings is 1. The molecule has 1 aromatic rings. The van der Waals surface area contributed by atoms with E-state index >= 15 is 0 Å². The molecule has 3 rings (SSSR count). The summed E-state index contributed by atoms with van der Waals surface area (Å²) < 4.78 is 19.1. The van der Waals surface area contributed by atoms with Crippen molar-refractivity contribution in [1.29, 1.82) is 0 Å². The van der Waals surface area contributed by atoms with Gasteiger partial charge in [0.05, 0.1) is 5.41 Å². The number of hydrogen-bond acceptors (Lipinski definition) is 4. The number of benzene rings is 1. The molecule has 2 saturated heterocycles. The molecule has 2 fully saturated rings. The van der Waals surface area contributed by atoms with Crippen molar-refractivity contribution < 1.29 is 23.5 Å². The second kappa shape index (κ2) is 10.7. The number of halogens is 1. The molecule has 1 spiro atoms. The van der Waals surface area contributed by atoms with Crippen LogP contribution in [0.2, 0.25) is 0 Å². The smallest absolute Gasteiger partial charge is 0.253 e. The third-order valence-electron chi connectivity index (χ3n) is 6.26. The first kappa shape index (κ1) is 23.2. The Labute approximate surface area is 182 Å². The van der Waals surface area contributed by atoms with Gasteiger partial charge in [-0.1, -0.05) is 12.5 Å². The number of carbonyl (C=O) groups is 3. The Hall–Kier alpha value is -2.48. The lowest BCUT2D eigenvalue weighted by Crippen LogP contribution is -2.54. The normalized spacial score (nSPS) is 23.5. The Bertz CT molecular complexity index is 793. The van der Waals surface area contributed by atoms with E-state index in [0.29, 0.717) is 57.7 Å². The van der Waals surface area contributed by atoms with Crippen LogP contribution in [0, 0.1) is 11.2 Å². The molecule has 31 heavy (non-hydrogen) atoms. The summed E-state index contributed by atoms with van der Waals surface area (Å²) in [5.41, 5.74) is -0.314.